The molecule has 0 spiro atoms. The molecule has 0 saturated heterocycles. The number of hydrogen-bond acceptors (Lipinski definition) is 4. The summed E-state index contributed by atoms with van der Waals surface area (Å²) in [5.74, 6) is 2.01. The van der Waals surface area contributed by atoms with Gasteiger partial charge >= 0.3 is 0 Å². The van der Waals surface area contributed by atoms with Crippen LogP contribution in [-0.2, 0) is 5.75 Å². The van der Waals surface area contributed by atoms with Gasteiger partial charge in [0.05, 0.1) is 5.69 Å². The van der Waals surface area contributed by atoms with Crippen LogP contribution >= 0.6 is 23.1 Å². The number of thiazole rings is 1. The average Bonchev–Trinajstić information content (AvgIpc) is 2.41. The van der Waals surface area contributed by atoms with Gasteiger partial charge in [-0.25, -0.2) is 4.98 Å². The Labute approximate surface area is 87.4 Å². The van der Waals surface area contributed by atoms with E-state index in [0.29, 0.717) is 6.61 Å². The zero-order valence-electron chi connectivity index (χ0n) is 8.04. The summed E-state index contributed by atoms with van der Waals surface area (Å²) in [4.78, 5) is 5.76. The first-order valence-electron chi connectivity index (χ1n) is 4.35. The quantitative estimate of drug-likeness (QED) is 0.769. The first-order chi connectivity index (χ1) is 6.24. The van der Waals surface area contributed by atoms with E-state index >= 15 is 0 Å². The Hall–Kier alpha value is -0.0600. The summed E-state index contributed by atoms with van der Waals surface area (Å²) in [6.07, 6.45) is 0.883. The van der Waals surface area contributed by atoms with E-state index < -0.39 is 0 Å². The van der Waals surface area contributed by atoms with Gasteiger partial charge in [0.1, 0.15) is 5.01 Å². The van der Waals surface area contributed by atoms with E-state index in [1.54, 1.807) is 11.3 Å². The highest BCUT2D eigenvalue weighted by molar-refractivity contribution is 7.98. The molecule has 13 heavy (non-hydrogen) atoms. The van der Waals surface area contributed by atoms with E-state index in [0.717, 1.165) is 23.6 Å². The first kappa shape index (κ1) is 11.0. The SMILES string of the molecule is Cc1nc(CSCCCO)sc1C. The van der Waals surface area contributed by atoms with Gasteiger partial charge in [-0.3, -0.25) is 0 Å². The molecule has 0 aliphatic rings. The van der Waals surface area contributed by atoms with Gasteiger partial charge < -0.3 is 5.11 Å². The lowest BCUT2D eigenvalue weighted by Gasteiger charge is -1.95. The topological polar surface area (TPSA) is 33.1 Å². The summed E-state index contributed by atoms with van der Waals surface area (Å²) in [7, 11) is 0. The maximum Gasteiger partial charge on any atom is 0.103 e. The molecule has 1 aromatic rings. The highest BCUT2D eigenvalue weighted by Crippen LogP contribution is 2.21. The lowest BCUT2D eigenvalue weighted by molar-refractivity contribution is 0.296. The third-order valence-electron chi connectivity index (χ3n) is 1.75. The third kappa shape index (κ3) is 3.67. The summed E-state index contributed by atoms with van der Waals surface area (Å²) in [5, 5.41) is 9.79. The fraction of sp³-hybridized carbons (Fsp3) is 0.667. The number of rotatable bonds is 5. The molecule has 0 aliphatic carbocycles. The second-order valence-electron chi connectivity index (χ2n) is 2.88. The molecule has 0 saturated carbocycles. The molecular weight excluding hydrogens is 202 g/mol. The second-order valence-corrected chi connectivity index (χ2v) is 5.27. The van der Waals surface area contributed by atoms with E-state index in [1.165, 1.54) is 9.88 Å². The molecule has 1 rings (SSSR count). The number of aliphatic hydroxyl groups is 1. The van der Waals surface area contributed by atoms with Crippen molar-refractivity contribution in [3.63, 3.8) is 0 Å². The van der Waals surface area contributed by atoms with Crippen molar-refractivity contribution in [1.29, 1.82) is 0 Å². The highest BCUT2D eigenvalue weighted by Gasteiger charge is 2.02. The Morgan fingerprint density at radius 2 is 2.23 bits per heavy atom. The summed E-state index contributed by atoms with van der Waals surface area (Å²) in [5.41, 5.74) is 1.16. The van der Waals surface area contributed by atoms with Gasteiger partial charge in [-0.1, -0.05) is 0 Å². The maximum atomic E-state index is 8.59. The molecule has 0 bridgehead atoms. The van der Waals surface area contributed by atoms with Crippen LogP contribution in [0.4, 0.5) is 0 Å². The summed E-state index contributed by atoms with van der Waals surface area (Å²) in [6.45, 7) is 4.45. The number of thioether (sulfide) groups is 1. The number of aryl methyl sites for hydroxylation is 2. The van der Waals surface area contributed by atoms with E-state index in [2.05, 4.69) is 11.9 Å². The van der Waals surface area contributed by atoms with E-state index in [9.17, 15) is 0 Å². The van der Waals surface area contributed by atoms with Crippen LogP contribution in [0.3, 0.4) is 0 Å². The van der Waals surface area contributed by atoms with E-state index in [4.69, 9.17) is 5.11 Å². The van der Waals surface area contributed by atoms with Gasteiger partial charge in [0.15, 0.2) is 0 Å². The Balaban J connectivity index is 2.29. The molecular formula is C9H15NOS2. The molecule has 0 radical (unpaired) electrons. The van der Waals surface area contributed by atoms with Gasteiger partial charge in [-0.15, -0.1) is 11.3 Å². The Kier molecular flexibility index (Phi) is 4.77. The predicted molar refractivity (Wildman–Crippen MR) is 59.5 cm³/mol. The van der Waals surface area contributed by atoms with Crippen LogP contribution in [0.25, 0.3) is 0 Å². The van der Waals surface area contributed by atoms with Crippen molar-refractivity contribution >= 4 is 23.1 Å². The molecule has 1 aromatic heterocycles. The molecule has 1 N–H and O–H groups in total. The standard InChI is InChI=1S/C9H15NOS2/c1-7-8(2)13-9(10-7)6-12-5-3-4-11/h11H,3-6H2,1-2H3. The number of hydrogen-bond donors (Lipinski definition) is 1. The number of nitrogens with zero attached hydrogens (tertiary/aromatic N) is 1. The minimum Gasteiger partial charge on any atom is -0.396 e. The maximum absolute atomic E-state index is 8.59. The summed E-state index contributed by atoms with van der Waals surface area (Å²) >= 11 is 3.62. The molecule has 0 amide bonds. The minimum atomic E-state index is 0.295. The van der Waals surface area contributed by atoms with Crippen LogP contribution in [-0.4, -0.2) is 22.5 Å². The van der Waals surface area contributed by atoms with Crippen LogP contribution in [0.2, 0.25) is 0 Å². The zero-order valence-corrected chi connectivity index (χ0v) is 9.67. The fourth-order valence-electron chi connectivity index (χ4n) is 0.927. The highest BCUT2D eigenvalue weighted by atomic mass is 32.2. The Bertz CT molecular complexity index is 241. The van der Waals surface area contributed by atoms with Crippen LogP contribution in [0.15, 0.2) is 0 Å². The van der Waals surface area contributed by atoms with Crippen molar-refractivity contribution in [3.05, 3.63) is 15.6 Å². The van der Waals surface area contributed by atoms with Gasteiger partial charge in [-0.2, -0.15) is 11.8 Å². The van der Waals surface area contributed by atoms with Gasteiger partial charge in [0.2, 0.25) is 0 Å². The van der Waals surface area contributed by atoms with Gasteiger partial charge in [0, 0.05) is 17.2 Å². The summed E-state index contributed by atoms with van der Waals surface area (Å²) in [6, 6.07) is 0. The normalized spacial score (nSPS) is 10.7. The Morgan fingerprint density at radius 3 is 2.77 bits per heavy atom. The van der Waals surface area contributed by atoms with Crippen molar-refractivity contribution in [2.24, 2.45) is 0 Å². The van der Waals surface area contributed by atoms with E-state index in [-0.39, 0.29) is 0 Å². The smallest absolute Gasteiger partial charge is 0.103 e. The minimum absolute atomic E-state index is 0.295. The van der Waals surface area contributed by atoms with E-state index in [1.807, 2.05) is 18.7 Å². The molecule has 2 nitrogen and oxygen atoms in total. The van der Waals surface area contributed by atoms with Crippen molar-refractivity contribution in [1.82, 2.24) is 4.98 Å². The van der Waals surface area contributed by atoms with Crippen molar-refractivity contribution in [2.45, 2.75) is 26.0 Å². The number of aliphatic hydroxyl groups excluding tert-OH is 1. The predicted octanol–water partition coefficient (Wildman–Crippen LogP) is 2.38. The lowest BCUT2D eigenvalue weighted by Crippen LogP contribution is -1.87. The molecule has 0 fully saturated rings. The number of aromatic nitrogens is 1. The lowest BCUT2D eigenvalue weighted by atomic mass is 10.4. The molecule has 0 atom stereocenters. The summed E-state index contributed by atoms with van der Waals surface area (Å²) < 4.78 is 0. The molecule has 0 unspecified atom stereocenters. The monoisotopic (exact) mass is 217 g/mol. The van der Waals surface area contributed by atoms with Crippen LogP contribution < -0.4 is 0 Å². The molecule has 4 heteroatoms. The molecule has 0 aromatic carbocycles. The van der Waals surface area contributed by atoms with Gasteiger partial charge in [0.25, 0.3) is 0 Å². The van der Waals surface area contributed by atoms with Crippen molar-refractivity contribution in [3.8, 4) is 0 Å². The molecule has 0 aliphatic heterocycles. The Morgan fingerprint density at radius 1 is 1.46 bits per heavy atom. The average molecular weight is 217 g/mol. The molecule has 74 valence electrons. The van der Waals surface area contributed by atoms with Crippen LogP contribution in [0.1, 0.15) is 22.0 Å². The van der Waals surface area contributed by atoms with Crippen LogP contribution in [0.5, 0.6) is 0 Å². The van der Waals surface area contributed by atoms with Crippen molar-refractivity contribution in [2.75, 3.05) is 12.4 Å². The fourth-order valence-corrected chi connectivity index (χ4v) is 2.86. The third-order valence-corrected chi connectivity index (χ3v) is 4.06. The van der Waals surface area contributed by atoms with Crippen LogP contribution in [0, 0.1) is 13.8 Å². The van der Waals surface area contributed by atoms with Crippen molar-refractivity contribution < 1.29 is 5.11 Å². The second kappa shape index (κ2) is 5.62. The zero-order chi connectivity index (χ0) is 9.68. The molecule has 1 heterocycles. The first-order valence-corrected chi connectivity index (χ1v) is 6.32. The van der Waals surface area contributed by atoms with Gasteiger partial charge in [-0.05, 0) is 26.0 Å². The largest absolute Gasteiger partial charge is 0.396 e.